The lowest BCUT2D eigenvalue weighted by atomic mass is 10.0. The van der Waals surface area contributed by atoms with Crippen molar-refractivity contribution in [2.45, 2.75) is 25.0 Å². The predicted octanol–water partition coefficient (Wildman–Crippen LogP) is 3.86. The maximum absolute atomic E-state index is 12.2. The second kappa shape index (κ2) is 7.89. The monoisotopic (exact) mass is 386 g/mol. The van der Waals surface area contributed by atoms with Crippen LogP contribution in [0.15, 0.2) is 48.5 Å². The van der Waals surface area contributed by atoms with E-state index in [1.807, 2.05) is 36.4 Å². The highest BCUT2D eigenvalue weighted by atomic mass is 35.5. The van der Waals surface area contributed by atoms with Gasteiger partial charge in [-0.2, -0.15) is 0 Å². The molecule has 1 N–H and O–H groups in total. The van der Waals surface area contributed by atoms with Crippen LogP contribution in [0.4, 0.5) is 11.4 Å². The summed E-state index contributed by atoms with van der Waals surface area (Å²) in [6.45, 7) is 3.21. The summed E-state index contributed by atoms with van der Waals surface area (Å²) in [5.74, 6) is -0.396. The van der Waals surface area contributed by atoms with Crippen molar-refractivity contribution in [1.82, 2.24) is 0 Å². The Kier molecular flexibility index (Phi) is 5.34. The van der Waals surface area contributed by atoms with Crippen molar-refractivity contribution < 1.29 is 14.3 Å². The SMILES string of the molecule is O=C(Cc1ccc(Cl)cc1)Nc1ccc(N2CCC3(CC2)OCCO3)cc1. The van der Waals surface area contributed by atoms with Gasteiger partial charge in [0, 0.05) is 42.3 Å². The van der Waals surface area contributed by atoms with Crippen molar-refractivity contribution in [2.75, 3.05) is 36.5 Å². The average molecular weight is 387 g/mol. The van der Waals surface area contributed by atoms with Crippen LogP contribution in [-0.4, -0.2) is 38.0 Å². The second-order valence-electron chi connectivity index (χ2n) is 6.99. The van der Waals surface area contributed by atoms with Gasteiger partial charge in [-0.15, -0.1) is 0 Å². The lowest BCUT2D eigenvalue weighted by Gasteiger charge is -2.38. The van der Waals surface area contributed by atoms with E-state index in [0.717, 1.165) is 42.9 Å². The zero-order chi connectivity index (χ0) is 18.7. The first kappa shape index (κ1) is 18.3. The van der Waals surface area contributed by atoms with Crippen molar-refractivity contribution in [1.29, 1.82) is 0 Å². The Morgan fingerprint density at radius 2 is 1.63 bits per heavy atom. The molecule has 2 aliphatic heterocycles. The lowest BCUT2D eigenvalue weighted by Crippen LogP contribution is -2.45. The molecule has 2 fully saturated rings. The number of carbonyl (C=O) groups excluding carboxylic acids is 1. The molecule has 2 aromatic carbocycles. The summed E-state index contributed by atoms with van der Waals surface area (Å²) >= 11 is 5.87. The van der Waals surface area contributed by atoms with Gasteiger partial charge in [0.1, 0.15) is 0 Å². The van der Waals surface area contributed by atoms with Crippen molar-refractivity contribution in [2.24, 2.45) is 0 Å². The normalized spacial score (nSPS) is 18.6. The van der Waals surface area contributed by atoms with Crippen LogP contribution in [0.1, 0.15) is 18.4 Å². The first-order chi connectivity index (χ1) is 13.1. The van der Waals surface area contributed by atoms with Crippen molar-refractivity contribution in [3.8, 4) is 0 Å². The standard InChI is InChI=1S/C21H23ClN2O3/c22-17-3-1-16(2-4-17)15-20(25)23-18-5-7-19(8-6-18)24-11-9-21(10-12-24)26-13-14-27-21/h1-8H,9-15H2,(H,23,25). The van der Waals surface area contributed by atoms with E-state index >= 15 is 0 Å². The minimum Gasteiger partial charge on any atom is -0.371 e. The quantitative estimate of drug-likeness (QED) is 0.866. The number of hydrogen-bond acceptors (Lipinski definition) is 4. The van der Waals surface area contributed by atoms with E-state index in [-0.39, 0.29) is 11.7 Å². The van der Waals surface area contributed by atoms with Crippen LogP contribution < -0.4 is 10.2 Å². The van der Waals surface area contributed by atoms with E-state index in [1.165, 1.54) is 0 Å². The van der Waals surface area contributed by atoms with Gasteiger partial charge in [0.15, 0.2) is 5.79 Å². The van der Waals surface area contributed by atoms with Crippen LogP contribution in [0.3, 0.4) is 0 Å². The van der Waals surface area contributed by atoms with Gasteiger partial charge in [-0.25, -0.2) is 0 Å². The first-order valence-corrected chi connectivity index (χ1v) is 9.67. The number of nitrogens with one attached hydrogen (secondary N) is 1. The van der Waals surface area contributed by atoms with E-state index in [4.69, 9.17) is 21.1 Å². The Bertz CT molecular complexity index is 776. The molecule has 0 unspecified atom stereocenters. The average Bonchev–Trinajstić information content (AvgIpc) is 3.13. The molecule has 27 heavy (non-hydrogen) atoms. The minimum absolute atomic E-state index is 0.0412. The number of benzene rings is 2. The van der Waals surface area contributed by atoms with Crippen LogP contribution in [-0.2, 0) is 20.7 Å². The molecule has 0 aromatic heterocycles. The van der Waals surface area contributed by atoms with Gasteiger partial charge in [0.2, 0.25) is 5.91 Å². The van der Waals surface area contributed by atoms with E-state index in [9.17, 15) is 4.79 Å². The number of nitrogens with zero attached hydrogens (tertiary/aromatic N) is 1. The third-order valence-electron chi connectivity index (χ3n) is 5.13. The number of rotatable bonds is 4. The summed E-state index contributed by atoms with van der Waals surface area (Å²) in [7, 11) is 0. The number of hydrogen-bond donors (Lipinski definition) is 1. The minimum atomic E-state index is -0.355. The number of anilines is 2. The van der Waals surface area contributed by atoms with Gasteiger partial charge in [-0.1, -0.05) is 23.7 Å². The van der Waals surface area contributed by atoms with Crippen LogP contribution in [0.25, 0.3) is 0 Å². The smallest absolute Gasteiger partial charge is 0.228 e. The van der Waals surface area contributed by atoms with E-state index in [0.29, 0.717) is 24.7 Å². The fourth-order valence-corrected chi connectivity index (χ4v) is 3.77. The van der Waals surface area contributed by atoms with Gasteiger partial charge >= 0.3 is 0 Å². The molecule has 1 spiro atoms. The third kappa shape index (κ3) is 4.43. The van der Waals surface area contributed by atoms with Crippen LogP contribution >= 0.6 is 11.6 Å². The molecule has 142 valence electrons. The molecule has 2 heterocycles. The van der Waals surface area contributed by atoms with Crippen molar-refractivity contribution >= 4 is 28.9 Å². The Morgan fingerprint density at radius 1 is 1.00 bits per heavy atom. The number of ether oxygens (including phenoxy) is 2. The second-order valence-corrected chi connectivity index (χ2v) is 7.43. The lowest BCUT2D eigenvalue weighted by molar-refractivity contribution is -0.169. The Balaban J connectivity index is 1.31. The van der Waals surface area contributed by atoms with Crippen molar-refractivity contribution in [3.63, 3.8) is 0 Å². The number of halogens is 1. The highest BCUT2D eigenvalue weighted by molar-refractivity contribution is 6.30. The maximum Gasteiger partial charge on any atom is 0.228 e. The van der Waals surface area contributed by atoms with Crippen LogP contribution in [0, 0.1) is 0 Å². The third-order valence-corrected chi connectivity index (χ3v) is 5.38. The molecule has 5 nitrogen and oxygen atoms in total. The van der Waals surface area contributed by atoms with Gasteiger partial charge in [-0.3, -0.25) is 4.79 Å². The Hall–Kier alpha value is -2.08. The summed E-state index contributed by atoms with van der Waals surface area (Å²) in [6, 6.07) is 15.3. The Labute approximate surface area is 164 Å². The van der Waals surface area contributed by atoms with Gasteiger partial charge < -0.3 is 19.7 Å². The van der Waals surface area contributed by atoms with E-state index < -0.39 is 0 Å². The largest absolute Gasteiger partial charge is 0.371 e. The zero-order valence-electron chi connectivity index (χ0n) is 15.1. The topological polar surface area (TPSA) is 50.8 Å². The molecular weight excluding hydrogens is 364 g/mol. The molecule has 1 amide bonds. The fourth-order valence-electron chi connectivity index (χ4n) is 3.64. The molecular formula is C21H23ClN2O3. The summed E-state index contributed by atoms with van der Waals surface area (Å²) in [6.07, 6.45) is 2.09. The molecule has 4 rings (SSSR count). The molecule has 2 aliphatic rings. The number of amides is 1. The van der Waals surface area contributed by atoms with Crippen LogP contribution in [0.5, 0.6) is 0 Å². The summed E-state index contributed by atoms with van der Waals surface area (Å²) in [5, 5.41) is 3.62. The van der Waals surface area contributed by atoms with Gasteiger partial charge in [-0.05, 0) is 42.0 Å². The molecule has 0 radical (unpaired) electrons. The van der Waals surface area contributed by atoms with Gasteiger partial charge in [0.25, 0.3) is 0 Å². The summed E-state index contributed by atoms with van der Waals surface area (Å²) in [4.78, 5) is 14.5. The van der Waals surface area contributed by atoms with Gasteiger partial charge in [0.05, 0.1) is 19.6 Å². The van der Waals surface area contributed by atoms with Crippen molar-refractivity contribution in [3.05, 3.63) is 59.1 Å². The summed E-state index contributed by atoms with van der Waals surface area (Å²) < 4.78 is 11.6. The number of piperidine rings is 1. The molecule has 6 heteroatoms. The van der Waals surface area contributed by atoms with Crippen LogP contribution in [0.2, 0.25) is 5.02 Å². The highest BCUT2D eigenvalue weighted by Crippen LogP contribution is 2.33. The summed E-state index contributed by atoms with van der Waals surface area (Å²) in [5.41, 5.74) is 2.89. The predicted molar refractivity (Wildman–Crippen MR) is 106 cm³/mol. The highest BCUT2D eigenvalue weighted by Gasteiger charge is 2.39. The number of carbonyl (C=O) groups is 1. The fraction of sp³-hybridized carbons (Fsp3) is 0.381. The molecule has 0 bridgehead atoms. The maximum atomic E-state index is 12.2. The molecule has 0 atom stereocenters. The Morgan fingerprint density at radius 3 is 2.26 bits per heavy atom. The molecule has 2 aromatic rings. The van der Waals surface area contributed by atoms with E-state index in [1.54, 1.807) is 12.1 Å². The first-order valence-electron chi connectivity index (χ1n) is 9.29. The molecule has 2 saturated heterocycles. The zero-order valence-corrected chi connectivity index (χ0v) is 15.9. The molecule has 0 aliphatic carbocycles. The van der Waals surface area contributed by atoms with E-state index in [2.05, 4.69) is 10.2 Å². The molecule has 0 saturated carbocycles.